The third kappa shape index (κ3) is 5.02. The van der Waals surface area contributed by atoms with Crippen LogP contribution in [0.25, 0.3) is 0 Å². The van der Waals surface area contributed by atoms with Gasteiger partial charge in [0.1, 0.15) is 7.14 Å². The molecule has 4 aromatic rings. The van der Waals surface area contributed by atoms with Crippen LogP contribution in [0.5, 0.6) is 0 Å². The van der Waals surface area contributed by atoms with Gasteiger partial charge in [0.2, 0.25) is 0 Å². The molecule has 2 aliphatic rings. The van der Waals surface area contributed by atoms with Crippen molar-refractivity contribution in [1.82, 2.24) is 0 Å². The van der Waals surface area contributed by atoms with Gasteiger partial charge in [-0.2, -0.15) is 0 Å². The van der Waals surface area contributed by atoms with E-state index < -0.39 is 7.14 Å². The van der Waals surface area contributed by atoms with Gasteiger partial charge in [0.15, 0.2) is 0 Å². The van der Waals surface area contributed by atoms with E-state index >= 15 is 4.57 Å². The summed E-state index contributed by atoms with van der Waals surface area (Å²) >= 11 is 0. The van der Waals surface area contributed by atoms with Gasteiger partial charge in [-0.1, -0.05) is 129 Å². The molecule has 4 aromatic carbocycles. The highest BCUT2D eigenvalue weighted by Gasteiger charge is 2.48. The van der Waals surface area contributed by atoms with Crippen molar-refractivity contribution >= 4 is 15.1 Å². The average Bonchev–Trinajstić information content (AvgIpc) is 3.55. The first-order valence-electron chi connectivity index (χ1n) is 13.8. The Morgan fingerprint density at radius 1 is 0.514 bits per heavy atom. The van der Waals surface area contributed by atoms with Crippen LogP contribution in [0.15, 0.2) is 121 Å². The first-order chi connectivity index (χ1) is 18.2. The zero-order chi connectivity index (χ0) is 25.1. The molecule has 0 spiro atoms. The van der Waals surface area contributed by atoms with E-state index in [0.29, 0.717) is 11.3 Å². The van der Waals surface area contributed by atoms with Gasteiger partial charge in [0.25, 0.3) is 0 Å². The van der Waals surface area contributed by atoms with E-state index in [0.717, 1.165) is 25.2 Å². The second-order valence-electron chi connectivity index (χ2n) is 10.7. The second kappa shape index (κ2) is 11.1. The molecular weight excluding hydrogens is 486 g/mol. The van der Waals surface area contributed by atoms with Crippen LogP contribution in [0.4, 0.5) is 0 Å². The number of rotatable bonds is 7. The Hall–Kier alpha value is -2.46. The summed E-state index contributed by atoms with van der Waals surface area (Å²) in [7, 11) is -2.83. The number of benzene rings is 4. The van der Waals surface area contributed by atoms with Crippen molar-refractivity contribution in [2.45, 2.75) is 48.3 Å². The molecular formula is C34H36OP2. The van der Waals surface area contributed by atoms with Crippen LogP contribution in [-0.4, -0.2) is 12.3 Å². The number of hydrogen-bond donors (Lipinski definition) is 0. The molecule has 0 bridgehead atoms. The molecule has 0 amide bonds. The van der Waals surface area contributed by atoms with Crippen molar-refractivity contribution in [2.24, 2.45) is 0 Å². The molecule has 0 N–H and O–H groups in total. The molecule has 0 saturated carbocycles. The normalized spacial score (nSPS) is 25.3. The van der Waals surface area contributed by atoms with Crippen LogP contribution in [0.1, 0.15) is 70.6 Å². The molecule has 2 saturated heterocycles. The lowest BCUT2D eigenvalue weighted by Crippen LogP contribution is -2.08. The Balaban J connectivity index is 1.35. The first kappa shape index (κ1) is 24.9. The van der Waals surface area contributed by atoms with Crippen molar-refractivity contribution in [3.63, 3.8) is 0 Å². The van der Waals surface area contributed by atoms with Crippen molar-refractivity contribution in [3.8, 4) is 0 Å². The van der Waals surface area contributed by atoms with E-state index in [4.69, 9.17) is 0 Å². The van der Waals surface area contributed by atoms with Crippen LogP contribution in [0.3, 0.4) is 0 Å². The molecule has 2 aliphatic heterocycles. The third-order valence-electron chi connectivity index (χ3n) is 8.73. The molecule has 4 atom stereocenters. The van der Waals surface area contributed by atoms with Crippen LogP contribution >= 0.6 is 15.1 Å². The minimum absolute atomic E-state index is 0.182. The van der Waals surface area contributed by atoms with Gasteiger partial charge in [-0.15, -0.1) is 0 Å². The van der Waals surface area contributed by atoms with Gasteiger partial charge >= 0.3 is 0 Å². The molecule has 0 unspecified atom stereocenters. The first-order valence-corrected chi connectivity index (χ1v) is 17.5. The minimum atomic E-state index is -2.51. The largest absolute Gasteiger partial charge is 0.322 e. The third-order valence-corrected chi connectivity index (χ3v) is 16.7. The summed E-state index contributed by atoms with van der Waals surface area (Å²) < 4.78 is 15.3. The van der Waals surface area contributed by atoms with E-state index in [2.05, 4.69) is 121 Å². The fourth-order valence-electron chi connectivity index (χ4n) is 6.98. The Morgan fingerprint density at radius 3 is 1.24 bits per heavy atom. The predicted octanol–water partition coefficient (Wildman–Crippen LogP) is 10.4. The van der Waals surface area contributed by atoms with Gasteiger partial charge < -0.3 is 4.57 Å². The second-order valence-corrected chi connectivity index (χ2v) is 16.8. The summed E-state index contributed by atoms with van der Waals surface area (Å²) in [6, 6.07) is 43.8. The van der Waals surface area contributed by atoms with Crippen LogP contribution in [-0.2, 0) is 4.57 Å². The van der Waals surface area contributed by atoms with Crippen LogP contribution in [0.2, 0.25) is 0 Å². The van der Waals surface area contributed by atoms with Gasteiger partial charge in [0, 0.05) is 28.8 Å². The van der Waals surface area contributed by atoms with Crippen LogP contribution in [0, 0.1) is 0 Å². The highest BCUT2D eigenvalue weighted by atomic mass is 31.2. The summed E-state index contributed by atoms with van der Waals surface area (Å²) in [5.74, 6) is 0. The van der Waals surface area contributed by atoms with Crippen molar-refractivity contribution < 1.29 is 4.57 Å². The lowest BCUT2D eigenvalue weighted by Gasteiger charge is -2.32. The highest BCUT2D eigenvalue weighted by molar-refractivity contribution is 7.67. The molecule has 2 heterocycles. The molecule has 0 aromatic heterocycles. The molecule has 1 nitrogen and oxygen atoms in total. The van der Waals surface area contributed by atoms with Gasteiger partial charge in [-0.3, -0.25) is 0 Å². The van der Waals surface area contributed by atoms with Crippen molar-refractivity contribution in [1.29, 1.82) is 0 Å². The molecule has 6 rings (SSSR count). The molecule has 188 valence electrons. The van der Waals surface area contributed by atoms with E-state index in [1.165, 1.54) is 35.1 Å². The average molecular weight is 523 g/mol. The SMILES string of the molecule is O=P1(CCP2[C@H](c3ccccc3)CC[C@H]2c2ccccc2)[C@H](c2ccccc2)CC[C@H]1c1ccccc1. The summed E-state index contributed by atoms with van der Waals surface area (Å²) in [5.41, 5.74) is 7.09. The molecule has 37 heavy (non-hydrogen) atoms. The zero-order valence-electron chi connectivity index (χ0n) is 21.4. The van der Waals surface area contributed by atoms with Crippen molar-refractivity contribution in [2.75, 3.05) is 12.3 Å². The van der Waals surface area contributed by atoms with E-state index in [-0.39, 0.29) is 19.2 Å². The Labute approximate surface area is 223 Å². The maximum Gasteiger partial charge on any atom is 0.102 e. The monoisotopic (exact) mass is 522 g/mol. The summed E-state index contributed by atoms with van der Waals surface area (Å²) in [6.07, 6.45) is 6.50. The van der Waals surface area contributed by atoms with E-state index in [9.17, 15) is 0 Å². The standard InChI is InChI=1S/C34H36OP2/c35-37(33(29-17-9-3-10-18-29)23-24-34(37)30-19-11-4-12-20-30)26-25-36-31(27-13-5-1-6-14-27)21-22-32(36)28-15-7-2-8-16-28/h1-20,31-34H,21-26H2/t31-,32-,33-,34-/m0/s1. The lowest BCUT2D eigenvalue weighted by molar-refractivity contribution is 0.567. The van der Waals surface area contributed by atoms with Gasteiger partial charge in [-0.05, 0) is 54.1 Å². The molecule has 2 fully saturated rings. The summed E-state index contributed by atoms with van der Waals surface area (Å²) in [5, 5.41) is 0. The lowest BCUT2D eigenvalue weighted by atomic mass is 10.0. The fourth-order valence-corrected chi connectivity index (χ4v) is 15.9. The Morgan fingerprint density at radius 2 is 0.865 bits per heavy atom. The Kier molecular flexibility index (Phi) is 7.46. The minimum Gasteiger partial charge on any atom is -0.322 e. The van der Waals surface area contributed by atoms with Crippen LogP contribution < -0.4 is 0 Å². The number of hydrogen-bond acceptors (Lipinski definition) is 1. The summed E-state index contributed by atoms with van der Waals surface area (Å²) in [6.45, 7) is 0. The topological polar surface area (TPSA) is 17.1 Å². The quantitative estimate of drug-likeness (QED) is 0.221. The maximum absolute atomic E-state index is 15.3. The smallest absolute Gasteiger partial charge is 0.102 e. The van der Waals surface area contributed by atoms with Gasteiger partial charge in [-0.25, -0.2) is 0 Å². The van der Waals surface area contributed by atoms with Gasteiger partial charge in [0.05, 0.1) is 0 Å². The fraction of sp³-hybridized carbons (Fsp3) is 0.294. The van der Waals surface area contributed by atoms with E-state index in [1.54, 1.807) is 0 Å². The molecule has 0 aliphatic carbocycles. The molecule has 3 heteroatoms. The predicted molar refractivity (Wildman–Crippen MR) is 159 cm³/mol. The summed E-state index contributed by atoms with van der Waals surface area (Å²) in [4.78, 5) is 0. The molecule has 0 radical (unpaired) electrons. The van der Waals surface area contributed by atoms with E-state index in [1.807, 2.05) is 0 Å². The zero-order valence-corrected chi connectivity index (χ0v) is 23.2. The Bertz CT molecular complexity index is 1220. The maximum atomic E-state index is 15.3. The highest BCUT2D eigenvalue weighted by Crippen LogP contribution is 2.79. The van der Waals surface area contributed by atoms with Crippen molar-refractivity contribution in [3.05, 3.63) is 144 Å².